The zero-order valence-corrected chi connectivity index (χ0v) is 13.4. The molecule has 2 aromatic heterocycles. The Bertz CT molecular complexity index is 527. The molecule has 0 saturated heterocycles. The molecule has 0 atom stereocenters. The summed E-state index contributed by atoms with van der Waals surface area (Å²) >= 11 is 7.30. The Hall–Kier alpha value is -1.58. The van der Waals surface area contributed by atoms with Gasteiger partial charge in [-0.05, 0) is 36.1 Å². The number of halogens is 1. The Balaban J connectivity index is 0.000000182. The van der Waals surface area contributed by atoms with Crippen LogP contribution in [0.1, 0.15) is 19.4 Å². The van der Waals surface area contributed by atoms with Crippen molar-refractivity contribution >= 4 is 22.9 Å². The molecule has 0 aliphatic heterocycles. The molecule has 1 aromatic carbocycles. The highest BCUT2D eigenvalue weighted by Crippen LogP contribution is 2.21. The van der Waals surface area contributed by atoms with Crippen LogP contribution in [-0.4, -0.2) is 5.16 Å². The Kier molecular flexibility index (Phi) is 7.70. The summed E-state index contributed by atoms with van der Waals surface area (Å²) < 4.78 is 4.69. The molecule has 0 saturated carbocycles. The van der Waals surface area contributed by atoms with Gasteiger partial charge in [0.1, 0.15) is 12.0 Å². The van der Waals surface area contributed by atoms with Crippen molar-refractivity contribution in [2.24, 2.45) is 0 Å². The number of hydrogen-bond acceptors (Lipinski definition) is 3. The highest BCUT2D eigenvalue weighted by Gasteiger charge is 1.99. The highest BCUT2D eigenvalue weighted by atomic mass is 35.5. The van der Waals surface area contributed by atoms with Crippen molar-refractivity contribution in [2.45, 2.75) is 20.8 Å². The maximum atomic E-state index is 5.64. The number of nitrogens with zero attached hydrogens (tertiary/aromatic N) is 1. The van der Waals surface area contributed by atoms with E-state index >= 15 is 0 Å². The monoisotopic (exact) mass is 307 g/mol. The summed E-state index contributed by atoms with van der Waals surface area (Å²) in [6, 6.07) is 13.6. The summed E-state index contributed by atoms with van der Waals surface area (Å²) in [7, 11) is 0. The van der Waals surface area contributed by atoms with Gasteiger partial charge >= 0.3 is 0 Å². The lowest BCUT2D eigenvalue weighted by atomic mass is 10.2. The topological polar surface area (TPSA) is 26.0 Å². The van der Waals surface area contributed by atoms with Gasteiger partial charge in [-0.1, -0.05) is 48.8 Å². The van der Waals surface area contributed by atoms with Crippen molar-refractivity contribution in [1.29, 1.82) is 0 Å². The van der Waals surface area contributed by atoms with Crippen LogP contribution in [0, 0.1) is 6.92 Å². The van der Waals surface area contributed by atoms with E-state index in [-0.39, 0.29) is 0 Å². The van der Waals surface area contributed by atoms with Gasteiger partial charge in [0.2, 0.25) is 0 Å². The first kappa shape index (κ1) is 16.5. The van der Waals surface area contributed by atoms with Gasteiger partial charge in [-0.15, -0.1) is 11.3 Å². The van der Waals surface area contributed by atoms with Gasteiger partial charge < -0.3 is 4.52 Å². The molecule has 0 spiro atoms. The van der Waals surface area contributed by atoms with Crippen LogP contribution in [0.5, 0.6) is 0 Å². The van der Waals surface area contributed by atoms with Crippen LogP contribution < -0.4 is 0 Å². The largest absolute Gasteiger partial charge is 0.364 e. The van der Waals surface area contributed by atoms with Crippen molar-refractivity contribution < 1.29 is 4.52 Å². The standard InChI is InChI=1S/C7H7Cl.C7H5NOS.C2H6/c1-6-3-2-4-7(8)5-6;1-2-7(10-5-1)6-3-4-9-8-6;1-2/h2-5H,1H3;1-5H;1-2H3. The molecule has 0 unspecified atom stereocenters. The smallest absolute Gasteiger partial charge is 0.124 e. The minimum Gasteiger partial charge on any atom is -0.364 e. The molecule has 4 heteroatoms. The fraction of sp³-hybridized carbons (Fsp3) is 0.188. The first-order chi connectivity index (χ1) is 9.75. The average molecular weight is 308 g/mol. The van der Waals surface area contributed by atoms with Gasteiger partial charge in [0.25, 0.3) is 0 Å². The minimum atomic E-state index is 0.810. The second kappa shape index (κ2) is 9.34. The fourth-order valence-corrected chi connectivity index (χ4v) is 2.30. The molecule has 0 amide bonds. The summed E-state index contributed by atoms with van der Waals surface area (Å²) in [6.07, 6.45) is 1.58. The number of aryl methyl sites for hydroxylation is 1. The molecule has 0 aliphatic rings. The van der Waals surface area contributed by atoms with Gasteiger partial charge in [0, 0.05) is 11.1 Å². The summed E-state index contributed by atoms with van der Waals surface area (Å²) in [5.74, 6) is 0. The Morgan fingerprint density at radius 2 is 1.90 bits per heavy atom. The molecular formula is C16H18ClNOS. The van der Waals surface area contributed by atoms with Crippen LogP contribution in [-0.2, 0) is 0 Å². The van der Waals surface area contributed by atoms with Crippen molar-refractivity contribution in [3.63, 3.8) is 0 Å². The Labute approximate surface area is 129 Å². The first-order valence-corrected chi connectivity index (χ1v) is 7.68. The predicted octanol–water partition coefficient (Wildman–Crippen LogP) is 6.08. The number of benzene rings is 1. The molecular weight excluding hydrogens is 290 g/mol. The van der Waals surface area contributed by atoms with E-state index in [0.29, 0.717) is 0 Å². The summed E-state index contributed by atoms with van der Waals surface area (Å²) in [4.78, 5) is 1.15. The van der Waals surface area contributed by atoms with E-state index in [0.717, 1.165) is 15.6 Å². The van der Waals surface area contributed by atoms with E-state index in [1.165, 1.54) is 5.56 Å². The molecule has 2 heterocycles. The van der Waals surface area contributed by atoms with Crippen LogP contribution in [0.4, 0.5) is 0 Å². The lowest BCUT2D eigenvalue weighted by Crippen LogP contribution is -1.66. The van der Waals surface area contributed by atoms with Crippen LogP contribution >= 0.6 is 22.9 Å². The number of thiophene rings is 1. The highest BCUT2D eigenvalue weighted by molar-refractivity contribution is 7.13. The van der Waals surface area contributed by atoms with Gasteiger partial charge in [-0.25, -0.2) is 0 Å². The van der Waals surface area contributed by atoms with Crippen LogP contribution in [0.2, 0.25) is 5.02 Å². The van der Waals surface area contributed by atoms with Crippen molar-refractivity contribution in [3.8, 4) is 10.6 Å². The van der Waals surface area contributed by atoms with E-state index in [4.69, 9.17) is 16.1 Å². The molecule has 20 heavy (non-hydrogen) atoms. The zero-order valence-electron chi connectivity index (χ0n) is 11.8. The Morgan fingerprint density at radius 3 is 2.35 bits per heavy atom. The molecule has 106 valence electrons. The van der Waals surface area contributed by atoms with Gasteiger partial charge in [0.05, 0.1) is 4.88 Å². The van der Waals surface area contributed by atoms with E-state index in [1.54, 1.807) is 17.6 Å². The summed E-state index contributed by atoms with van der Waals surface area (Å²) in [5.41, 5.74) is 2.12. The van der Waals surface area contributed by atoms with E-state index in [9.17, 15) is 0 Å². The molecule has 2 nitrogen and oxygen atoms in total. The van der Waals surface area contributed by atoms with Gasteiger partial charge in [-0.2, -0.15) is 0 Å². The van der Waals surface area contributed by atoms with Crippen molar-refractivity contribution in [2.75, 3.05) is 0 Å². The van der Waals surface area contributed by atoms with Crippen LogP contribution in [0.3, 0.4) is 0 Å². The van der Waals surface area contributed by atoms with Crippen LogP contribution in [0.25, 0.3) is 10.6 Å². The molecule has 0 fully saturated rings. The molecule has 0 radical (unpaired) electrons. The summed E-state index contributed by atoms with van der Waals surface area (Å²) in [5, 5.41) is 6.62. The third-order valence-electron chi connectivity index (χ3n) is 2.19. The molecule has 3 rings (SSSR count). The zero-order chi connectivity index (χ0) is 14.8. The summed E-state index contributed by atoms with van der Waals surface area (Å²) in [6.45, 7) is 6.02. The fourth-order valence-electron chi connectivity index (χ4n) is 1.37. The lowest BCUT2D eigenvalue weighted by Gasteiger charge is -1.88. The number of rotatable bonds is 1. The molecule has 3 aromatic rings. The maximum absolute atomic E-state index is 5.64. The van der Waals surface area contributed by atoms with Gasteiger partial charge in [-0.3, -0.25) is 0 Å². The quantitative estimate of drug-likeness (QED) is 0.544. The lowest BCUT2D eigenvalue weighted by molar-refractivity contribution is 0.422. The predicted molar refractivity (Wildman–Crippen MR) is 87.4 cm³/mol. The van der Waals surface area contributed by atoms with Crippen LogP contribution in [0.15, 0.2) is 58.6 Å². The minimum absolute atomic E-state index is 0.810. The van der Waals surface area contributed by atoms with Crippen molar-refractivity contribution in [3.05, 3.63) is 64.7 Å². The Morgan fingerprint density at radius 1 is 1.10 bits per heavy atom. The third-order valence-corrected chi connectivity index (χ3v) is 3.32. The van der Waals surface area contributed by atoms with Crippen molar-refractivity contribution in [1.82, 2.24) is 5.16 Å². The maximum Gasteiger partial charge on any atom is 0.124 e. The molecule has 0 aliphatic carbocycles. The third kappa shape index (κ3) is 5.59. The van der Waals surface area contributed by atoms with E-state index in [1.807, 2.05) is 68.6 Å². The molecule has 0 bridgehead atoms. The first-order valence-electron chi connectivity index (χ1n) is 6.42. The second-order valence-electron chi connectivity index (χ2n) is 3.66. The SMILES string of the molecule is CC.Cc1cccc(Cl)c1.c1csc(-c2ccon2)c1. The molecule has 0 N–H and O–H groups in total. The van der Waals surface area contributed by atoms with E-state index < -0.39 is 0 Å². The number of hydrogen-bond donors (Lipinski definition) is 0. The van der Waals surface area contributed by atoms with E-state index in [2.05, 4.69) is 5.16 Å². The number of aromatic nitrogens is 1. The van der Waals surface area contributed by atoms with Gasteiger partial charge in [0.15, 0.2) is 0 Å². The normalized spacial score (nSPS) is 9.00. The average Bonchev–Trinajstić information content (AvgIpc) is 3.15. The second-order valence-corrected chi connectivity index (χ2v) is 5.05.